The van der Waals surface area contributed by atoms with Gasteiger partial charge in [0, 0.05) is 25.7 Å². The Bertz CT molecular complexity index is 204. The molecule has 3 unspecified atom stereocenters. The summed E-state index contributed by atoms with van der Waals surface area (Å²) in [6.07, 6.45) is 0.363. The highest BCUT2D eigenvalue weighted by Crippen LogP contribution is 2.40. The van der Waals surface area contributed by atoms with Crippen LogP contribution in [0, 0.1) is 5.41 Å². The van der Waals surface area contributed by atoms with Crippen LogP contribution in [0.15, 0.2) is 0 Å². The van der Waals surface area contributed by atoms with Gasteiger partial charge in [0.25, 0.3) is 0 Å². The molecule has 2 N–H and O–H groups in total. The molecule has 0 saturated heterocycles. The molecule has 1 rings (SSSR count). The van der Waals surface area contributed by atoms with E-state index < -0.39 is 0 Å². The number of hydrogen-bond donors (Lipinski definition) is 2. The zero-order chi connectivity index (χ0) is 11.6. The van der Waals surface area contributed by atoms with E-state index in [9.17, 15) is 5.11 Å². The summed E-state index contributed by atoms with van der Waals surface area (Å²) in [6, 6.07) is 0.451. The second-order valence-electron chi connectivity index (χ2n) is 4.92. The zero-order valence-electron chi connectivity index (χ0n) is 10.3. The van der Waals surface area contributed by atoms with E-state index in [2.05, 4.69) is 19.2 Å². The van der Waals surface area contributed by atoms with Gasteiger partial charge in [-0.3, -0.25) is 0 Å². The first-order chi connectivity index (χ1) is 6.93. The maximum absolute atomic E-state index is 9.61. The van der Waals surface area contributed by atoms with Crippen molar-refractivity contribution in [3.05, 3.63) is 0 Å². The standard InChI is InChI=1S/C11H23NO3/c1-7(10(14-4)15-5)12-8-6-9(13)11(8,2)3/h7-10,12-13H,6H2,1-5H3. The van der Waals surface area contributed by atoms with E-state index in [0.29, 0.717) is 6.04 Å². The van der Waals surface area contributed by atoms with Crippen LogP contribution in [-0.2, 0) is 9.47 Å². The predicted molar refractivity (Wildman–Crippen MR) is 58.6 cm³/mol. The van der Waals surface area contributed by atoms with Gasteiger partial charge in [-0.25, -0.2) is 0 Å². The van der Waals surface area contributed by atoms with Crippen LogP contribution in [-0.4, -0.2) is 43.8 Å². The third-order valence-electron chi connectivity index (χ3n) is 3.55. The predicted octanol–water partition coefficient (Wildman–Crippen LogP) is 0.743. The fourth-order valence-corrected chi connectivity index (χ4v) is 2.09. The topological polar surface area (TPSA) is 50.7 Å². The Morgan fingerprint density at radius 3 is 2.20 bits per heavy atom. The summed E-state index contributed by atoms with van der Waals surface area (Å²) in [4.78, 5) is 0. The minimum atomic E-state index is -0.237. The number of nitrogens with one attached hydrogen (secondary N) is 1. The van der Waals surface area contributed by atoms with Gasteiger partial charge in [0.2, 0.25) is 0 Å². The Balaban J connectivity index is 2.42. The smallest absolute Gasteiger partial charge is 0.171 e. The van der Waals surface area contributed by atoms with Crippen molar-refractivity contribution in [3.8, 4) is 0 Å². The highest BCUT2D eigenvalue weighted by molar-refractivity contribution is 5.02. The largest absolute Gasteiger partial charge is 0.392 e. The molecule has 0 radical (unpaired) electrons. The number of rotatable bonds is 5. The SMILES string of the molecule is COC(OC)C(C)NC1CC(O)C1(C)C. The third-order valence-corrected chi connectivity index (χ3v) is 3.55. The molecule has 90 valence electrons. The van der Waals surface area contributed by atoms with E-state index in [1.54, 1.807) is 14.2 Å². The average molecular weight is 217 g/mol. The van der Waals surface area contributed by atoms with E-state index >= 15 is 0 Å². The molecule has 0 bridgehead atoms. The van der Waals surface area contributed by atoms with Crippen molar-refractivity contribution in [3.63, 3.8) is 0 Å². The molecule has 0 aromatic heterocycles. The lowest BCUT2D eigenvalue weighted by molar-refractivity contribution is -0.136. The van der Waals surface area contributed by atoms with Gasteiger partial charge in [-0.05, 0) is 13.3 Å². The molecule has 1 aliphatic rings. The molecule has 15 heavy (non-hydrogen) atoms. The number of hydrogen-bond acceptors (Lipinski definition) is 4. The van der Waals surface area contributed by atoms with Crippen LogP contribution in [0.25, 0.3) is 0 Å². The molecule has 0 aliphatic heterocycles. The highest BCUT2D eigenvalue weighted by Gasteiger charge is 2.47. The molecular weight excluding hydrogens is 194 g/mol. The second kappa shape index (κ2) is 4.78. The quantitative estimate of drug-likeness (QED) is 0.667. The van der Waals surface area contributed by atoms with Crippen LogP contribution in [0.1, 0.15) is 27.2 Å². The third kappa shape index (κ3) is 2.50. The number of aliphatic hydroxyl groups is 1. The molecule has 4 heteroatoms. The van der Waals surface area contributed by atoms with Crippen LogP contribution < -0.4 is 5.32 Å². The van der Waals surface area contributed by atoms with Gasteiger partial charge in [-0.15, -0.1) is 0 Å². The average Bonchev–Trinajstić information content (AvgIpc) is 2.19. The molecule has 1 fully saturated rings. The zero-order valence-corrected chi connectivity index (χ0v) is 10.3. The van der Waals surface area contributed by atoms with Crippen LogP contribution in [0.5, 0.6) is 0 Å². The molecule has 0 heterocycles. The molecule has 3 atom stereocenters. The maximum atomic E-state index is 9.61. The Kier molecular flexibility index (Phi) is 4.12. The first-order valence-electron chi connectivity index (χ1n) is 5.43. The Hall–Kier alpha value is -0.160. The molecule has 0 aromatic rings. The normalized spacial score (nSPS) is 31.4. The van der Waals surface area contributed by atoms with Crippen molar-refractivity contribution in [2.75, 3.05) is 14.2 Å². The van der Waals surface area contributed by atoms with Crippen LogP contribution >= 0.6 is 0 Å². The van der Waals surface area contributed by atoms with Crippen LogP contribution in [0.4, 0.5) is 0 Å². The van der Waals surface area contributed by atoms with E-state index in [1.807, 2.05) is 6.92 Å². The molecule has 4 nitrogen and oxygen atoms in total. The van der Waals surface area contributed by atoms with E-state index in [1.165, 1.54) is 0 Å². The van der Waals surface area contributed by atoms with Gasteiger partial charge in [-0.2, -0.15) is 0 Å². The molecule has 1 aliphatic carbocycles. The lowest BCUT2D eigenvalue weighted by Gasteiger charge is -2.51. The van der Waals surface area contributed by atoms with E-state index in [4.69, 9.17) is 9.47 Å². The van der Waals surface area contributed by atoms with Gasteiger partial charge < -0.3 is 19.9 Å². The van der Waals surface area contributed by atoms with Gasteiger partial charge in [-0.1, -0.05) is 13.8 Å². The molecule has 1 saturated carbocycles. The van der Waals surface area contributed by atoms with Crippen molar-refractivity contribution < 1.29 is 14.6 Å². The first kappa shape index (κ1) is 12.9. The molecule has 0 amide bonds. The van der Waals surface area contributed by atoms with Crippen molar-refractivity contribution >= 4 is 0 Å². The minimum absolute atomic E-state index is 0.0553. The lowest BCUT2D eigenvalue weighted by atomic mass is 9.64. The summed E-state index contributed by atoms with van der Waals surface area (Å²) in [5.74, 6) is 0. The van der Waals surface area contributed by atoms with Crippen LogP contribution in [0.3, 0.4) is 0 Å². The number of methoxy groups -OCH3 is 2. The van der Waals surface area contributed by atoms with Gasteiger partial charge >= 0.3 is 0 Å². The minimum Gasteiger partial charge on any atom is -0.392 e. The lowest BCUT2D eigenvalue weighted by Crippen LogP contribution is -2.63. The fourth-order valence-electron chi connectivity index (χ4n) is 2.09. The van der Waals surface area contributed by atoms with Crippen molar-refractivity contribution in [2.45, 2.75) is 51.7 Å². The summed E-state index contributed by atoms with van der Waals surface area (Å²) in [5, 5.41) is 13.0. The fraction of sp³-hybridized carbons (Fsp3) is 1.00. The maximum Gasteiger partial charge on any atom is 0.171 e. The summed E-state index contributed by atoms with van der Waals surface area (Å²) in [5.41, 5.74) is -0.0553. The van der Waals surface area contributed by atoms with E-state index in [-0.39, 0.29) is 23.9 Å². The van der Waals surface area contributed by atoms with Gasteiger partial charge in [0.05, 0.1) is 12.1 Å². The van der Waals surface area contributed by atoms with Crippen molar-refractivity contribution in [1.29, 1.82) is 0 Å². The number of ether oxygens (including phenoxy) is 2. The Morgan fingerprint density at radius 2 is 1.87 bits per heavy atom. The first-order valence-corrected chi connectivity index (χ1v) is 5.43. The monoisotopic (exact) mass is 217 g/mol. The van der Waals surface area contributed by atoms with E-state index in [0.717, 1.165) is 6.42 Å². The van der Waals surface area contributed by atoms with Crippen molar-refractivity contribution in [1.82, 2.24) is 5.32 Å². The van der Waals surface area contributed by atoms with Gasteiger partial charge in [0.1, 0.15) is 0 Å². The summed E-state index contributed by atoms with van der Waals surface area (Å²) in [7, 11) is 3.26. The molecule has 0 spiro atoms. The summed E-state index contributed by atoms with van der Waals surface area (Å²) >= 11 is 0. The summed E-state index contributed by atoms with van der Waals surface area (Å²) < 4.78 is 10.4. The Labute approximate surface area is 92.0 Å². The van der Waals surface area contributed by atoms with Crippen LogP contribution in [0.2, 0.25) is 0 Å². The highest BCUT2D eigenvalue weighted by atomic mass is 16.7. The second-order valence-corrected chi connectivity index (χ2v) is 4.92. The Morgan fingerprint density at radius 1 is 1.33 bits per heavy atom. The summed E-state index contributed by atoms with van der Waals surface area (Å²) in [6.45, 7) is 6.17. The molecule has 0 aromatic carbocycles. The van der Waals surface area contributed by atoms with Gasteiger partial charge in [0.15, 0.2) is 6.29 Å². The van der Waals surface area contributed by atoms with Crippen molar-refractivity contribution in [2.24, 2.45) is 5.41 Å². The number of aliphatic hydroxyl groups excluding tert-OH is 1. The molecular formula is C11H23NO3.